The summed E-state index contributed by atoms with van der Waals surface area (Å²) in [5, 5.41) is 60.1. The maximum absolute atomic E-state index is 11.1. The molecular weight excluding hydrogens is 433 g/mol. The van der Waals surface area contributed by atoms with E-state index in [0.717, 1.165) is 0 Å². The smallest absolute Gasteiger partial charge is 0.325 e. The predicted molar refractivity (Wildman–Crippen MR) is 95.8 cm³/mol. The van der Waals surface area contributed by atoms with E-state index in [1.807, 2.05) is 0 Å². The molecule has 0 aromatic heterocycles. The quantitative estimate of drug-likeness (QED) is 0.146. The maximum atomic E-state index is 11.1. The van der Waals surface area contributed by atoms with Gasteiger partial charge in [-0.1, -0.05) is 0 Å². The Hall–Kier alpha value is -0.290. The summed E-state index contributed by atoms with van der Waals surface area (Å²) in [6.07, 6.45) is -16.5. The number of rotatable bonds is 9. The van der Waals surface area contributed by atoms with Gasteiger partial charge in [-0.2, -0.15) is 0 Å². The summed E-state index contributed by atoms with van der Waals surface area (Å²) in [7, 11) is -4.42. The van der Waals surface area contributed by atoms with Gasteiger partial charge in [0.25, 0.3) is 0 Å². The van der Waals surface area contributed by atoms with Gasteiger partial charge in [-0.15, -0.1) is 0 Å². The average Bonchev–Trinajstić information content (AvgIpc) is 2.69. The zero-order valence-electron chi connectivity index (χ0n) is 16.0. The third-order valence-electron chi connectivity index (χ3n) is 4.89. The fourth-order valence-corrected chi connectivity index (χ4v) is 3.83. The van der Waals surface area contributed by atoms with Crippen LogP contribution < -0.4 is 5.73 Å². The molecule has 0 aromatic carbocycles. The monoisotopic (exact) mass is 463 g/mol. The van der Waals surface area contributed by atoms with E-state index in [-0.39, 0.29) is 19.6 Å². The van der Waals surface area contributed by atoms with E-state index in [1.165, 1.54) is 0 Å². The van der Waals surface area contributed by atoms with E-state index in [1.54, 1.807) is 0 Å². The predicted octanol–water partition coefficient (Wildman–Crippen LogP) is -4.84. The lowest BCUT2D eigenvalue weighted by Crippen LogP contribution is -2.64. The highest BCUT2D eigenvalue weighted by molar-refractivity contribution is 7.51. The van der Waals surface area contributed by atoms with Gasteiger partial charge in [0.15, 0.2) is 12.6 Å². The normalized spacial score (nSPS) is 43.0. The molecule has 0 aliphatic carbocycles. The largest absolute Gasteiger partial charge is 0.394 e. The summed E-state index contributed by atoms with van der Waals surface area (Å²) in [6.45, 7) is -0.593. The molecule has 10 atom stereocenters. The Morgan fingerprint density at radius 1 is 0.867 bits per heavy atom. The van der Waals surface area contributed by atoms with Gasteiger partial charge in [0.1, 0.15) is 42.7 Å². The van der Waals surface area contributed by atoms with Crippen molar-refractivity contribution in [2.45, 2.75) is 67.8 Å². The van der Waals surface area contributed by atoms with Crippen molar-refractivity contribution in [1.82, 2.24) is 0 Å². The second kappa shape index (κ2) is 11.0. The molecule has 0 aromatic rings. The molecule has 10 N–H and O–H groups in total. The molecule has 0 amide bonds. The summed E-state index contributed by atoms with van der Waals surface area (Å²) < 4.78 is 32.6. The van der Waals surface area contributed by atoms with Crippen LogP contribution in [-0.4, -0.2) is 128 Å². The molecular formula is C15H30NO13P. The van der Waals surface area contributed by atoms with Crippen molar-refractivity contribution in [3.8, 4) is 0 Å². The highest BCUT2D eigenvalue weighted by Crippen LogP contribution is 2.37. The van der Waals surface area contributed by atoms with Gasteiger partial charge >= 0.3 is 7.60 Å². The summed E-state index contributed by atoms with van der Waals surface area (Å²) in [5.41, 5.74) is 5.37. The number of aliphatic hydroxyl groups is 6. The zero-order chi connectivity index (χ0) is 22.6. The van der Waals surface area contributed by atoms with Gasteiger partial charge in [-0.3, -0.25) is 4.57 Å². The number of nitrogens with two attached hydrogens (primary N) is 1. The number of aliphatic hydroxyl groups excluding tert-OH is 6. The van der Waals surface area contributed by atoms with Gasteiger partial charge in [0.2, 0.25) is 0 Å². The van der Waals surface area contributed by atoms with Gasteiger partial charge < -0.3 is 65.1 Å². The third-order valence-corrected chi connectivity index (χ3v) is 5.73. The molecule has 0 spiro atoms. The van der Waals surface area contributed by atoms with E-state index in [0.29, 0.717) is 0 Å². The van der Waals surface area contributed by atoms with Crippen LogP contribution in [0.5, 0.6) is 0 Å². The van der Waals surface area contributed by atoms with Crippen LogP contribution in [-0.2, 0) is 23.5 Å². The molecule has 0 saturated carbocycles. The first kappa shape index (κ1) is 26.0. The third kappa shape index (κ3) is 6.37. The van der Waals surface area contributed by atoms with Gasteiger partial charge in [0, 0.05) is 6.54 Å². The molecule has 15 heteroatoms. The molecule has 2 aliphatic heterocycles. The standard InChI is InChI=1S/C15H30NO13P/c16-2-3-26-15-13(11(21)9(19)7(5-17)28-15)29-14-12(22)10(20)8(18)6(27-14)1-4-30(23,24)25/h6-15,17-22H,1-5,16H2,(H2,23,24,25)/t6?,7?,8-,9-,10?,11?,12?,13?,14-,15+/m1/s1. The Bertz CT molecular complexity index is 579. The Balaban J connectivity index is 2.15. The van der Waals surface area contributed by atoms with Crippen LogP contribution in [0.1, 0.15) is 6.42 Å². The summed E-state index contributed by atoms with van der Waals surface area (Å²) in [4.78, 5) is 18.0. The number of ether oxygens (including phenoxy) is 4. The van der Waals surface area contributed by atoms with Gasteiger partial charge in [-0.05, 0) is 6.42 Å². The summed E-state index contributed by atoms with van der Waals surface area (Å²) in [5.74, 6) is 0. The van der Waals surface area contributed by atoms with Crippen molar-refractivity contribution in [2.75, 3.05) is 25.9 Å². The fourth-order valence-electron chi connectivity index (χ4n) is 3.24. The molecule has 30 heavy (non-hydrogen) atoms. The van der Waals surface area contributed by atoms with Gasteiger partial charge in [0.05, 0.1) is 25.5 Å². The van der Waals surface area contributed by atoms with Crippen LogP contribution in [0.3, 0.4) is 0 Å². The van der Waals surface area contributed by atoms with E-state index in [4.69, 9.17) is 34.5 Å². The molecule has 2 saturated heterocycles. The first-order chi connectivity index (χ1) is 14.0. The SMILES string of the molecule is NCCO[C@H]1OC(CO)[C@@H](O)C(O)C1O[C@H]1OC(CCP(=O)(O)O)[C@@H](O)C(O)C1O. The second-order valence-electron chi connectivity index (χ2n) is 7.16. The molecule has 6 unspecified atom stereocenters. The van der Waals surface area contributed by atoms with Crippen LogP contribution in [0.4, 0.5) is 0 Å². The van der Waals surface area contributed by atoms with E-state index in [9.17, 15) is 35.2 Å². The van der Waals surface area contributed by atoms with Gasteiger partial charge in [-0.25, -0.2) is 0 Å². The molecule has 2 fully saturated rings. The Morgan fingerprint density at radius 2 is 1.47 bits per heavy atom. The highest BCUT2D eigenvalue weighted by Gasteiger charge is 2.51. The Morgan fingerprint density at radius 3 is 2.03 bits per heavy atom. The van der Waals surface area contributed by atoms with E-state index in [2.05, 4.69) is 0 Å². The Labute approximate surface area is 171 Å². The van der Waals surface area contributed by atoms with Crippen molar-refractivity contribution in [3.63, 3.8) is 0 Å². The van der Waals surface area contributed by atoms with Crippen LogP contribution >= 0.6 is 7.60 Å². The minimum absolute atomic E-state index is 0.0359. The minimum Gasteiger partial charge on any atom is -0.394 e. The molecule has 2 rings (SSSR count). The van der Waals surface area contributed by atoms with Crippen LogP contribution in [0.25, 0.3) is 0 Å². The van der Waals surface area contributed by atoms with E-state index < -0.39 is 81.8 Å². The molecule has 14 nitrogen and oxygen atoms in total. The lowest BCUT2D eigenvalue weighted by molar-refractivity contribution is -0.365. The lowest BCUT2D eigenvalue weighted by atomic mass is 9.96. The number of hydrogen-bond acceptors (Lipinski definition) is 12. The van der Waals surface area contributed by atoms with Crippen LogP contribution in [0.2, 0.25) is 0 Å². The second-order valence-corrected chi connectivity index (χ2v) is 8.94. The first-order valence-corrected chi connectivity index (χ1v) is 11.1. The molecule has 2 heterocycles. The first-order valence-electron chi connectivity index (χ1n) is 9.34. The topological polar surface area (TPSA) is 242 Å². The molecule has 0 bridgehead atoms. The van der Waals surface area contributed by atoms with Crippen molar-refractivity contribution >= 4 is 7.60 Å². The van der Waals surface area contributed by atoms with Crippen LogP contribution in [0.15, 0.2) is 0 Å². The number of hydrogen-bond donors (Lipinski definition) is 9. The van der Waals surface area contributed by atoms with E-state index >= 15 is 0 Å². The summed E-state index contributed by atoms with van der Waals surface area (Å²) in [6, 6.07) is 0. The zero-order valence-corrected chi connectivity index (χ0v) is 16.8. The van der Waals surface area contributed by atoms with Crippen molar-refractivity contribution < 1.29 is 63.9 Å². The molecule has 2 aliphatic rings. The van der Waals surface area contributed by atoms with Crippen molar-refractivity contribution in [3.05, 3.63) is 0 Å². The fraction of sp³-hybridized carbons (Fsp3) is 1.00. The van der Waals surface area contributed by atoms with Crippen LogP contribution in [0, 0.1) is 0 Å². The molecule has 0 radical (unpaired) electrons. The van der Waals surface area contributed by atoms with Crippen molar-refractivity contribution in [1.29, 1.82) is 0 Å². The maximum Gasteiger partial charge on any atom is 0.325 e. The molecule has 178 valence electrons. The Kier molecular flexibility index (Phi) is 9.55. The minimum atomic E-state index is -4.42. The highest BCUT2D eigenvalue weighted by atomic mass is 31.2. The van der Waals surface area contributed by atoms with Crippen molar-refractivity contribution in [2.24, 2.45) is 5.73 Å². The average molecular weight is 463 g/mol. The lowest BCUT2D eigenvalue weighted by Gasteiger charge is -2.46. The summed E-state index contributed by atoms with van der Waals surface area (Å²) >= 11 is 0.